The summed E-state index contributed by atoms with van der Waals surface area (Å²) in [5.74, 6) is -0.131. The van der Waals surface area contributed by atoms with Gasteiger partial charge in [0.05, 0.1) is 35.2 Å². The molecule has 156 valence electrons. The first-order valence-corrected chi connectivity index (χ1v) is 9.44. The number of carbonyl (C=O) groups is 1. The molecule has 0 spiro atoms. The second-order valence-electron chi connectivity index (χ2n) is 7.07. The molecule has 1 amide bonds. The monoisotopic (exact) mass is 424 g/mol. The fourth-order valence-electron chi connectivity index (χ4n) is 3.95. The molecule has 0 fully saturated rings. The molecule has 0 saturated heterocycles. The normalized spacial score (nSPS) is 15.3. The van der Waals surface area contributed by atoms with Crippen molar-refractivity contribution in [1.29, 1.82) is 0 Å². The van der Waals surface area contributed by atoms with Gasteiger partial charge in [-0.05, 0) is 29.3 Å². The molecular formula is C22H15F3N4O2. The van der Waals surface area contributed by atoms with Gasteiger partial charge in [-0.2, -0.15) is 13.2 Å². The number of aliphatic imine (C=N–C) groups is 2. The van der Waals surface area contributed by atoms with Crippen LogP contribution in [-0.4, -0.2) is 35.6 Å². The molecule has 0 saturated carbocycles. The van der Waals surface area contributed by atoms with Crippen LogP contribution < -0.4 is 5.73 Å². The Balaban J connectivity index is 1.92. The highest BCUT2D eigenvalue weighted by Gasteiger charge is 2.43. The summed E-state index contributed by atoms with van der Waals surface area (Å²) in [5.41, 5.74) is 4.76. The van der Waals surface area contributed by atoms with Gasteiger partial charge >= 0.3 is 6.18 Å². The van der Waals surface area contributed by atoms with Crippen molar-refractivity contribution in [3.8, 4) is 11.1 Å². The third kappa shape index (κ3) is 3.00. The van der Waals surface area contributed by atoms with Crippen molar-refractivity contribution in [2.75, 3.05) is 13.1 Å². The zero-order valence-corrected chi connectivity index (χ0v) is 16.0. The highest BCUT2D eigenvalue weighted by Crippen LogP contribution is 2.46. The van der Waals surface area contributed by atoms with Gasteiger partial charge in [-0.25, -0.2) is 4.99 Å². The number of primary amides is 1. The average molecular weight is 424 g/mol. The van der Waals surface area contributed by atoms with Crippen molar-refractivity contribution in [3.63, 3.8) is 0 Å². The summed E-state index contributed by atoms with van der Waals surface area (Å²) >= 11 is 0. The van der Waals surface area contributed by atoms with Crippen LogP contribution in [0.15, 0.2) is 69.2 Å². The van der Waals surface area contributed by atoms with Crippen LogP contribution >= 0.6 is 0 Å². The number of hydrogen-bond acceptors (Lipinski definition) is 5. The van der Waals surface area contributed by atoms with Gasteiger partial charge in [-0.1, -0.05) is 30.3 Å². The van der Waals surface area contributed by atoms with Crippen molar-refractivity contribution in [1.82, 2.24) is 4.90 Å². The van der Waals surface area contributed by atoms with E-state index < -0.39 is 17.6 Å². The van der Waals surface area contributed by atoms with Crippen LogP contribution in [-0.2, 0) is 6.18 Å². The van der Waals surface area contributed by atoms with Crippen LogP contribution in [0.2, 0.25) is 0 Å². The summed E-state index contributed by atoms with van der Waals surface area (Å²) < 4.78 is 48.0. The average Bonchev–Trinajstić information content (AvgIpc) is 3.44. The summed E-state index contributed by atoms with van der Waals surface area (Å²) in [6.07, 6.45) is -3.25. The molecule has 3 heterocycles. The summed E-state index contributed by atoms with van der Waals surface area (Å²) in [6, 6.07) is 12.6. The van der Waals surface area contributed by atoms with E-state index in [1.54, 1.807) is 47.4 Å². The lowest BCUT2D eigenvalue weighted by Gasteiger charge is -2.30. The van der Waals surface area contributed by atoms with Crippen molar-refractivity contribution in [2.45, 2.75) is 6.18 Å². The van der Waals surface area contributed by atoms with Crippen molar-refractivity contribution < 1.29 is 22.4 Å². The molecule has 0 atom stereocenters. The minimum absolute atomic E-state index is 0.0637. The molecule has 0 bridgehead atoms. The Kier molecular flexibility index (Phi) is 4.21. The first-order chi connectivity index (χ1) is 14.9. The Morgan fingerprint density at radius 1 is 1.10 bits per heavy atom. The van der Waals surface area contributed by atoms with Gasteiger partial charge in [-0.3, -0.25) is 9.79 Å². The molecule has 2 aliphatic rings. The molecule has 5 rings (SSSR count). The molecule has 0 aliphatic carbocycles. The summed E-state index contributed by atoms with van der Waals surface area (Å²) in [7, 11) is 0. The Bertz CT molecular complexity index is 1250. The third-order valence-electron chi connectivity index (χ3n) is 5.22. The van der Waals surface area contributed by atoms with E-state index in [0.29, 0.717) is 17.9 Å². The van der Waals surface area contributed by atoms with E-state index in [9.17, 15) is 18.0 Å². The zero-order valence-electron chi connectivity index (χ0n) is 16.0. The van der Waals surface area contributed by atoms with E-state index in [2.05, 4.69) is 9.98 Å². The fraction of sp³-hybridized carbons (Fsp3) is 0.136. The Hall–Kier alpha value is -3.88. The number of amides is 1. The molecule has 0 radical (unpaired) electrons. The predicted molar refractivity (Wildman–Crippen MR) is 108 cm³/mol. The maximum atomic E-state index is 14.2. The van der Waals surface area contributed by atoms with Crippen LogP contribution in [0.5, 0.6) is 0 Å². The number of hydrogen-bond donors (Lipinski definition) is 1. The van der Waals surface area contributed by atoms with Gasteiger partial charge < -0.3 is 15.1 Å². The molecule has 3 aromatic rings. The molecule has 1 aromatic heterocycles. The quantitative estimate of drug-likeness (QED) is 0.683. The van der Waals surface area contributed by atoms with Gasteiger partial charge in [0.15, 0.2) is 11.6 Å². The minimum atomic E-state index is -4.70. The smallest absolute Gasteiger partial charge is 0.417 e. The van der Waals surface area contributed by atoms with Crippen LogP contribution in [0.1, 0.15) is 27.2 Å². The molecule has 2 aliphatic heterocycles. The zero-order chi connectivity index (χ0) is 21.8. The molecule has 2 aromatic carbocycles. The molecule has 0 unspecified atom stereocenters. The second-order valence-corrected chi connectivity index (χ2v) is 7.07. The molecule has 31 heavy (non-hydrogen) atoms. The molecule has 2 N–H and O–H groups in total. The van der Waals surface area contributed by atoms with Crippen molar-refractivity contribution in [3.05, 3.63) is 77.2 Å². The lowest BCUT2D eigenvalue weighted by Crippen LogP contribution is -2.39. The van der Waals surface area contributed by atoms with Gasteiger partial charge in [0.1, 0.15) is 5.84 Å². The van der Waals surface area contributed by atoms with Gasteiger partial charge in [0, 0.05) is 6.54 Å². The number of rotatable bonds is 3. The fourth-order valence-corrected chi connectivity index (χ4v) is 3.95. The highest BCUT2D eigenvalue weighted by molar-refractivity contribution is 6.23. The van der Waals surface area contributed by atoms with Gasteiger partial charge in [0.25, 0.3) is 5.91 Å². The van der Waals surface area contributed by atoms with Crippen molar-refractivity contribution in [2.24, 2.45) is 15.7 Å². The largest absolute Gasteiger partial charge is 0.461 e. The number of furan rings is 1. The highest BCUT2D eigenvalue weighted by atomic mass is 19.4. The van der Waals surface area contributed by atoms with Crippen LogP contribution in [0, 0.1) is 0 Å². The summed E-state index contributed by atoms with van der Waals surface area (Å²) in [4.78, 5) is 22.9. The molecular weight excluding hydrogens is 409 g/mol. The first kappa shape index (κ1) is 19.1. The van der Waals surface area contributed by atoms with Crippen LogP contribution in [0.4, 0.5) is 18.9 Å². The standard InChI is InChI=1S/C22H15F3N4O2/c23-22(24,25)14-11-13(12-5-2-1-3-6-12)16(19(26)30)18-17(14)21-27-8-9-29(21)20(28-18)15-7-4-10-31-15/h1-7,10-11H,8-9H2,(H2,26,30). The lowest BCUT2D eigenvalue weighted by molar-refractivity contribution is -0.137. The Labute approximate surface area is 174 Å². The van der Waals surface area contributed by atoms with E-state index in [-0.39, 0.29) is 40.6 Å². The number of nitrogens with zero attached hydrogens (tertiary/aromatic N) is 3. The number of halogens is 3. The number of nitrogens with two attached hydrogens (primary N) is 1. The lowest BCUT2D eigenvalue weighted by atomic mass is 9.89. The van der Waals surface area contributed by atoms with E-state index >= 15 is 0 Å². The Morgan fingerprint density at radius 2 is 1.87 bits per heavy atom. The number of carbonyl (C=O) groups excluding carboxylic acids is 1. The molecule has 9 heteroatoms. The van der Waals surface area contributed by atoms with Gasteiger partial charge in [-0.15, -0.1) is 0 Å². The number of benzene rings is 2. The van der Waals surface area contributed by atoms with E-state index in [1.807, 2.05) is 0 Å². The predicted octanol–water partition coefficient (Wildman–Crippen LogP) is 4.22. The number of fused-ring (bicyclic) bond motifs is 3. The van der Waals surface area contributed by atoms with E-state index in [4.69, 9.17) is 10.2 Å². The van der Waals surface area contributed by atoms with E-state index in [1.165, 1.54) is 6.26 Å². The Morgan fingerprint density at radius 3 is 2.52 bits per heavy atom. The van der Waals surface area contributed by atoms with Crippen LogP contribution in [0.3, 0.4) is 0 Å². The number of amidine groups is 2. The maximum Gasteiger partial charge on any atom is 0.417 e. The van der Waals surface area contributed by atoms with Gasteiger partial charge in [0.2, 0.25) is 0 Å². The third-order valence-corrected chi connectivity index (χ3v) is 5.22. The van der Waals surface area contributed by atoms with Crippen LogP contribution in [0.25, 0.3) is 11.1 Å². The summed E-state index contributed by atoms with van der Waals surface area (Å²) in [6.45, 7) is 0.635. The number of alkyl halides is 3. The SMILES string of the molecule is NC(=O)c1c(-c2ccccc2)cc(C(F)(F)F)c2c1N=C(c1ccco1)N1CCN=C21. The minimum Gasteiger partial charge on any atom is -0.461 e. The topological polar surface area (TPSA) is 84.2 Å². The molecule has 6 nitrogen and oxygen atoms in total. The van der Waals surface area contributed by atoms with Crippen molar-refractivity contribution >= 4 is 23.3 Å². The first-order valence-electron chi connectivity index (χ1n) is 9.44. The van der Waals surface area contributed by atoms with E-state index in [0.717, 1.165) is 6.07 Å². The summed E-state index contributed by atoms with van der Waals surface area (Å²) in [5, 5.41) is 0. The second kappa shape index (κ2) is 6.83. The maximum absolute atomic E-state index is 14.2.